The van der Waals surface area contributed by atoms with E-state index in [0.717, 1.165) is 47.6 Å². The maximum atomic E-state index is 7.59. The summed E-state index contributed by atoms with van der Waals surface area (Å²) in [6.45, 7) is 6.64. The van der Waals surface area contributed by atoms with Gasteiger partial charge in [0.1, 0.15) is 11.6 Å². The number of amidine groups is 1. The summed E-state index contributed by atoms with van der Waals surface area (Å²) in [4.78, 5) is 4.58. The molecule has 0 spiro atoms. The number of benzene rings is 1. The number of rotatable bonds is 8. The van der Waals surface area contributed by atoms with Crippen LogP contribution < -0.4 is 10.5 Å². The quantitative estimate of drug-likeness (QED) is 0.552. The van der Waals surface area contributed by atoms with Crippen LogP contribution in [0.3, 0.4) is 0 Å². The van der Waals surface area contributed by atoms with Crippen LogP contribution in [0.25, 0.3) is 0 Å². The number of aromatic nitrogens is 1. The van der Waals surface area contributed by atoms with Crippen LogP contribution in [0.5, 0.6) is 5.75 Å². The summed E-state index contributed by atoms with van der Waals surface area (Å²) in [5.74, 6) is 0.964. The fourth-order valence-electron chi connectivity index (χ4n) is 2.97. The number of methoxy groups -OCH3 is 1. The van der Waals surface area contributed by atoms with Crippen molar-refractivity contribution in [1.29, 1.82) is 5.41 Å². The maximum absolute atomic E-state index is 7.59. The van der Waals surface area contributed by atoms with Gasteiger partial charge in [-0.2, -0.15) is 0 Å². The lowest BCUT2D eigenvalue weighted by atomic mass is 9.82. The molecule has 0 radical (unpaired) electrons. The van der Waals surface area contributed by atoms with Crippen LogP contribution in [-0.2, 0) is 12.8 Å². The number of nitrogens with one attached hydrogen (secondary N) is 1. The molecular weight excluding hydrogens is 318 g/mol. The zero-order valence-corrected chi connectivity index (χ0v) is 15.8. The lowest BCUT2D eigenvalue weighted by Gasteiger charge is -2.24. The molecule has 0 bridgehead atoms. The van der Waals surface area contributed by atoms with Crippen molar-refractivity contribution in [2.45, 2.75) is 46.5 Å². The van der Waals surface area contributed by atoms with E-state index in [0.29, 0.717) is 0 Å². The highest BCUT2D eigenvalue weighted by molar-refractivity contribution is 7.09. The Morgan fingerprint density at radius 1 is 1.38 bits per heavy atom. The van der Waals surface area contributed by atoms with E-state index in [1.807, 2.05) is 18.2 Å². The maximum Gasteiger partial charge on any atom is 0.122 e. The molecule has 4 nitrogen and oxygen atoms in total. The predicted octanol–water partition coefficient (Wildman–Crippen LogP) is 4.34. The molecule has 130 valence electrons. The summed E-state index contributed by atoms with van der Waals surface area (Å²) in [7, 11) is 1.68. The summed E-state index contributed by atoms with van der Waals surface area (Å²) < 4.78 is 5.44. The number of thiazole rings is 1. The molecule has 0 saturated carbocycles. The molecule has 1 heterocycles. The van der Waals surface area contributed by atoms with Gasteiger partial charge in [0.05, 0.1) is 17.8 Å². The van der Waals surface area contributed by atoms with Crippen molar-refractivity contribution >= 4 is 17.2 Å². The molecule has 0 amide bonds. The summed E-state index contributed by atoms with van der Waals surface area (Å²) in [6.07, 6.45) is 4.09. The predicted molar refractivity (Wildman–Crippen MR) is 101 cm³/mol. The fourth-order valence-corrected chi connectivity index (χ4v) is 3.58. The highest BCUT2D eigenvalue weighted by Crippen LogP contribution is 2.30. The van der Waals surface area contributed by atoms with Crippen LogP contribution in [0.1, 0.15) is 48.5 Å². The van der Waals surface area contributed by atoms with Gasteiger partial charge in [-0.25, -0.2) is 4.98 Å². The van der Waals surface area contributed by atoms with Crippen molar-refractivity contribution in [2.75, 3.05) is 7.11 Å². The van der Waals surface area contributed by atoms with Gasteiger partial charge in [0.15, 0.2) is 0 Å². The van der Waals surface area contributed by atoms with E-state index in [-0.39, 0.29) is 11.3 Å². The minimum atomic E-state index is 0.0955. The summed E-state index contributed by atoms with van der Waals surface area (Å²) in [5.41, 5.74) is 8.87. The molecule has 2 rings (SSSR count). The Hall–Kier alpha value is -1.88. The van der Waals surface area contributed by atoms with Crippen molar-refractivity contribution < 1.29 is 4.74 Å². The van der Waals surface area contributed by atoms with E-state index in [9.17, 15) is 0 Å². The molecule has 0 aliphatic heterocycles. The lowest BCUT2D eigenvalue weighted by Crippen LogP contribution is -2.16. The van der Waals surface area contributed by atoms with Crippen LogP contribution in [0.2, 0.25) is 0 Å². The standard InChI is InChI=1S/C19H27N3OS/c1-13-22-16(12-24-13)11-19(2,3)9-5-6-14-10-15(18(20)21)7-8-17(14)23-4/h7-8,10,12H,5-6,9,11H2,1-4H3,(H3,20,21). The van der Waals surface area contributed by atoms with E-state index >= 15 is 0 Å². The SMILES string of the molecule is COc1ccc(C(=N)N)cc1CCCC(C)(C)Cc1csc(C)n1. The highest BCUT2D eigenvalue weighted by Gasteiger charge is 2.20. The van der Waals surface area contributed by atoms with Gasteiger partial charge in [0.2, 0.25) is 0 Å². The fraction of sp³-hybridized carbons (Fsp3) is 0.474. The van der Waals surface area contributed by atoms with Gasteiger partial charge in [-0.15, -0.1) is 11.3 Å². The topological polar surface area (TPSA) is 72.0 Å². The first-order valence-corrected chi connectivity index (χ1v) is 9.11. The monoisotopic (exact) mass is 345 g/mol. The molecule has 0 aliphatic rings. The third kappa shape index (κ3) is 5.06. The number of hydrogen-bond acceptors (Lipinski definition) is 4. The van der Waals surface area contributed by atoms with Gasteiger partial charge >= 0.3 is 0 Å². The molecule has 0 atom stereocenters. The Morgan fingerprint density at radius 2 is 2.12 bits per heavy atom. The Morgan fingerprint density at radius 3 is 2.71 bits per heavy atom. The molecule has 0 fully saturated rings. The van der Waals surface area contributed by atoms with E-state index in [1.54, 1.807) is 18.4 Å². The zero-order chi connectivity index (χ0) is 17.7. The molecule has 1 aromatic heterocycles. The second-order valence-corrected chi connectivity index (χ2v) is 8.05. The Kier molecular flexibility index (Phi) is 5.99. The van der Waals surface area contributed by atoms with Crippen molar-refractivity contribution in [3.63, 3.8) is 0 Å². The Bertz CT molecular complexity index is 706. The number of nitrogens with two attached hydrogens (primary N) is 1. The smallest absolute Gasteiger partial charge is 0.122 e. The van der Waals surface area contributed by atoms with E-state index in [1.165, 1.54) is 5.69 Å². The minimum Gasteiger partial charge on any atom is -0.496 e. The van der Waals surface area contributed by atoms with Crippen LogP contribution in [-0.4, -0.2) is 17.9 Å². The summed E-state index contributed by atoms with van der Waals surface area (Å²) in [5, 5.41) is 10.9. The van der Waals surface area contributed by atoms with Gasteiger partial charge in [-0.05, 0) is 61.8 Å². The van der Waals surface area contributed by atoms with E-state index in [2.05, 4.69) is 31.1 Å². The lowest BCUT2D eigenvalue weighted by molar-refractivity contribution is 0.319. The van der Waals surface area contributed by atoms with Crippen molar-refractivity contribution in [3.8, 4) is 5.75 Å². The largest absolute Gasteiger partial charge is 0.496 e. The number of ether oxygens (including phenoxy) is 1. The van der Waals surface area contributed by atoms with Gasteiger partial charge in [-0.3, -0.25) is 5.41 Å². The van der Waals surface area contributed by atoms with Gasteiger partial charge in [0, 0.05) is 10.9 Å². The molecule has 0 aliphatic carbocycles. The highest BCUT2D eigenvalue weighted by atomic mass is 32.1. The van der Waals surface area contributed by atoms with Crippen LogP contribution in [0.4, 0.5) is 0 Å². The Balaban J connectivity index is 1.97. The van der Waals surface area contributed by atoms with Crippen molar-refractivity contribution in [2.24, 2.45) is 11.1 Å². The minimum absolute atomic E-state index is 0.0955. The second-order valence-electron chi connectivity index (χ2n) is 6.99. The first-order chi connectivity index (χ1) is 11.3. The average molecular weight is 346 g/mol. The third-order valence-electron chi connectivity index (χ3n) is 4.22. The first-order valence-electron chi connectivity index (χ1n) is 8.23. The van der Waals surface area contributed by atoms with Crippen LogP contribution >= 0.6 is 11.3 Å². The number of aryl methyl sites for hydroxylation is 2. The van der Waals surface area contributed by atoms with E-state index in [4.69, 9.17) is 15.9 Å². The number of nitrogen functional groups attached to an aromatic ring is 1. The first kappa shape index (κ1) is 18.5. The van der Waals surface area contributed by atoms with Crippen molar-refractivity contribution in [3.05, 3.63) is 45.4 Å². The second kappa shape index (κ2) is 7.79. The molecule has 0 unspecified atom stereocenters. The molecule has 2 aromatic rings. The normalized spacial score (nSPS) is 11.5. The third-order valence-corrected chi connectivity index (χ3v) is 5.04. The number of nitrogens with zero attached hydrogens (tertiary/aromatic N) is 1. The molecule has 3 N–H and O–H groups in total. The molecule has 24 heavy (non-hydrogen) atoms. The Labute approximate surface area is 148 Å². The number of hydrogen-bond donors (Lipinski definition) is 2. The average Bonchev–Trinajstić information content (AvgIpc) is 2.91. The van der Waals surface area contributed by atoms with Crippen LogP contribution in [0.15, 0.2) is 23.6 Å². The molecule has 1 aromatic carbocycles. The van der Waals surface area contributed by atoms with Crippen LogP contribution in [0, 0.1) is 17.7 Å². The van der Waals surface area contributed by atoms with E-state index < -0.39 is 0 Å². The van der Waals surface area contributed by atoms with Gasteiger partial charge in [-0.1, -0.05) is 13.8 Å². The molecule has 5 heteroatoms. The molecule has 0 saturated heterocycles. The van der Waals surface area contributed by atoms with Gasteiger partial charge in [0.25, 0.3) is 0 Å². The molecular formula is C19H27N3OS. The summed E-state index contributed by atoms with van der Waals surface area (Å²) in [6, 6.07) is 5.70. The summed E-state index contributed by atoms with van der Waals surface area (Å²) >= 11 is 1.72. The zero-order valence-electron chi connectivity index (χ0n) is 15.0. The van der Waals surface area contributed by atoms with Crippen molar-refractivity contribution in [1.82, 2.24) is 4.98 Å². The van der Waals surface area contributed by atoms with Gasteiger partial charge < -0.3 is 10.5 Å².